The molecule has 0 spiro atoms. The molecule has 18 heteroatoms. The van der Waals surface area contributed by atoms with Crippen molar-refractivity contribution < 1.29 is 30.0 Å². The largest absolute Gasteiger partial charge is 0.501 e. The first-order valence-electron chi connectivity index (χ1n) is 20.7. The molecule has 4 aromatic carbocycles. The fourth-order valence-corrected chi connectivity index (χ4v) is 11.4. The molecule has 0 amide bonds. The van der Waals surface area contributed by atoms with Gasteiger partial charge in [-0.05, 0) is 112 Å². The first-order chi connectivity index (χ1) is 30.0. The number of hydrogen-bond acceptors (Lipinski definition) is 11. The highest BCUT2D eigenvalue weighted by atomic mass is 35.5. The number of piperidine rings is 1. The molecular weight excluding hydrogens is 891 g/mol. The minimum Gasteiger partial charge on any atom is -0.380 e. The molecule has 1 aromatic heterocycles. The lowest BCUT2D eigenvalue weighted by Crippen LogP contribution is -2.50. The molecule has 2 aliphatic heterocycles. The Morgan fingerprint density at radius 1 is 0.937 bits per heavy atom. The molecule has 2 N–H and O–H groups in total. The van der Waals surface area contributed by atoms with Gasteiger partial charge in [0.15, 0.2) is 0 Å². The second kappa shape index (κ2) is 19.9. The first kappa shape index (κ1) is 46.8. The van der Waals surface area contributed by atoms with Crippen LogP contribution in [0.2, 0.25) is 5.02 Å². The molecule has 3 atom stereocenters. The van der Waals surface area contributed by atoms with E-state index in [2.05, 4.69) is 54.9 Å². The number of benzene rings is 4. The maximum Gasteiger partial charge on any atom is 0.501 e. The number of nitrogens with one attached hydrogen (secondary N) is 2. The molecule has 1 saturated heterocycles. The zero-order chi connectivity index (χ0) is 44.9. The van der Waals surface area contributed by atoms with Crippen molar-refractivity contribution in [2.45, 2.75) is 84.0 Å². The molecular formula is C45H51ClF3N7O4S3. The summed E-state index contributed by atoms with van der Waals surface area (Å²) in [5.74, 6) is 0.409. The van der Waals surface area contributed by atoms with Crippen LogP contribution in [0, 0.1) is 0 Å². The minimum atomic E-state index is -5.99. The fourth-order valence-electron chi connectivity index (χ4n) is 8.19. The summed E-state index contributed by atoms with van der Waals surface area (Å²) in [6, 6.07) is 28.6. The van der Waals surface area contributed by atoms with Crippen molar-refractivity contribution in [2.24, 2.45) is 0 Å². The van der Waals surface area contributed by atoms with Crippen LogP contribution < -0.4 is 10.0 Å². The molecule has 0 saturated carbocycles. The monoisotopic (exact) mass is 941 g/mol. The average Bonchev–Trinajstić information content (AvgIpc) is 3.25. The van der Waals surface area contributed by atoms with Crippen LogP contribution in [0.5, 0.6) is 0 Å². The van der Waals surface area contributed by atoms with E-state index in [9.17, 15) is 30.0 Å². The Labute approximate surface area is 377 Å². The molecule has 7 rings (SSSR count). The lowest BCUT2D eigenvalue weighted by molar-refractivity contribution is -0.0435. The number of sulfone groups is 1. The van der Waals surface area contributed by atoms with Crippen LogP contribution in [0.25, 0.3) is 11.1 Å². The van der Waals surface area contributed by atoms with Gasteiger partial charge in [-0.2, -0.15) is 13.2 Å². The molecule has 11 nitrogen and oxygen atoms in total. The Bertz CT molecular complexity index is 2590. The van der Waals surface area contributed by atoms with Crippen molar-refractivity contribution in [1.29, 1.82) is 0 Å². The number of fused-ring (bicyclic) bond motifs is 1. The maximum absolute atomic E-state index is 14.2. The third-order valence-corrected chi connectivity index (χ3v) is 15.9. The number of halogens is 4. The number of aromatic nitrogens is 2. The second-order valence-electron chi connectivity index (χ2n) is 16.3. The molecule has 2 unspecified atom stereocenters. The zero-order valence-electron chi connectivity index (χ0n) is 35.2. The molecule has 336 valence electrons. The molecule has 0 radical (unpaired) electrons. The third kappa shape index (κ3) is 11.4. The summed E-state index contributed by atoms with van der Waals surface area (Å²) in [6.45, 7) is 5.59. The highest BCUT2D eigenvalue weighted by Gasteiger charge is 2.48. The number of thioether (sulfide) groups is 1. The lowest BCUT2D eigenvalue weighted by atomic mass is 9.93. The lowest BCUT2D eigenvalue weighted by Gasteiger charge is -2.43. The summed E-state index contributed by atoms with van der Waals surface area (Å²) in [5, 5.41) is 3.70. The van der Waals surface area contributed by atoms with Gasteiger partial charge in [0.05, 0.1) is 16.3 Å². The molecule has 0 bridgehead atoms. The van der Waals surface area contributed by atoms with Gasteiger partial charge >= 0.3 is 5.51 Å². The Balaban J connectivity index is 1.05. The number of sulfonamides is 1. The van der Waals surface area contributed by atoms with E-state index >= 15 is 0 Å². The van der Waals surface area contributed by atoms with E-state index in [-0.39, 0.29) is 17.5 Å². The van der Waals surface area contributed by atoms with Crippen molar-refractivity contribution in [2.75, 3.05) is 49.5 Å². The van der Waals surface area contributed by atoms with E-state index in [4.69, 9.17) is 11.6 Å². The van der Waals surface area contributed by atoms with Crippen LogP contribution in [0.1, 0.15) is 43.0 Å². The van der Waals surface area contributed by atoms with Gasteiger partial charge in [-0.3, -0.25) is 14.5 Å². The van der Waals surface area contributed by atoms with E-state index in [0.29, 0.717) is 66.6 Å². The number of nitrogens with zero attached hydrogens (tertiary/aromatic N) is 5. The highest BCUT2D eigenvalue weighted by molar-refractivity contribution is 7.99. The summed E-state index contributed by atoms with van der Waals surface area (Å²) < 4.78 is 99.0. The fraction of sp³-hybridized carbons (Fsp3) is 0.378. The van der Waals surface area contributed by atoms with Crippen molar-refractivity contribution >= 4 is 54.7 Å². The van der Waals surface area contributed by atoms with Crippen LogP contribution >= 0.6 is 23.4 Å². The van der Waals surface area contributed by atoms with Crippen LogP contribution in [0.4, 0.5) is 24.7 Å². The van der Waals surface area contributed by atoms with E-state index in [0.717, 1.165) is 48.5 Å². The number of anilines is 2. The van der Waals surface area contributed by atoms with E-state index in [1.165, 1.54) is 29.2 Å². The van der Waals surface area contributed by atoms with Gasteiger partial charge in [0, 0.05) is 65.5 Å². The summed E-state index contributed by atoms with van der Waals surface area (Å²) in [4.78, 5) is 14.6. The summed E-state index contributed by atoms with van der Waals surface area (Å²) in [7, 11) is -6.89. The number of hydrogen-bond donors (Lipinski definition) is 2. The molecule has 3 heterocycles. The Kier molecular flexibility index (Phi) is 14.8. The van der Waals surface area contributed by atoms with Crippen LogP contribution in [0.3, 0.4) is 0 Å². The van der Waals surface area contributed by atoms with E-state index in [1.54, 1.807) is 0 Å². The third-order valence-electron chi connectivity index (χ3n) is 11.7. The van der Waals surface area contributed by atoms with Gasteiger partial charge < -0.3 is 10.2 Å². The highest BCUT2D eigenvalue weighted by Crippen LogP contribution is 2.38. The van der Waals surface area contributed by atoms with Crippen molar-refractivity contribution in [3.63, 3.8) is 0 Å². The van der Waals surface area contributed by atoms with Crippen LogP contribution in [-0.2, 0) is 39.4 Å². The summed E-state index contributed by atoms with van der Waals surface area (Å²) >= 11 is 7.62. The van der Waals surface area contributed by atoms with Gasteiger partial charge in [-0.1, -0.05) is 66.2 Å². The van der Waals surface area contributed by atoms with Gasteiger partial charge in [-0.25, -0.2) is 26.8 Å². The van der Waals surface area contributed by atoms with Crippen molar-refractivity contribution in [3.05, 3.63) is 125 Å². The summed E-state index contributed by atoms with van der Waals surface area (Å²) in [5.41, 5.74) is -1.25. The van der Waals surface area contributed by atoms with Gasteiger partial charge in [0.1, 0.15) is 17.0 Å². The first-order valence-corrected chi connectivity index (χ1v) is 25.0. The predicted octanol–water partition coefficient (Wildman–Crippen LogP) is 8.83. The van der Waals surface area contributed by atoms with Crippen LogP contribution in [0.15, 0.2) is 118 Å². The van der Waals surface area contributed by atoms with Crippen LogP contribution in [-0.4, -0.2) is 105 Å². The summed E-state index contributed by atoms with van der Waals surface area (Å²) in [6.07, 6.45) is 4.03. The SMILES string of the molecule is CC1CC(N2CCc3c(ncnc3NS(=O)(=O)c3ccc(N[C@H](CCN(C)C)CSc4ccccc4)c(S(=O)(=O)C(F)(F)F)c3)C2)CCN1Cc1ccccc1-c1ccc(Cl)cc1. The molecule has 63 heavy (non-hydrogen) atoms. The Morgan fingerprint density at radius 3 is 2.38 bits per heavy atom. The maximum atomic E-state index is 14.2. The molecule has 5 aromatic rings. The minimum absolute atomic E-state index is 0.00584. The van der Waals surface area contributed by atoms with E-state index in [1.807, 2.05) is 79.7 Å². The van der Waals surface area contributed by atoms with E-state index < -0.39 is 41.2 Å². The second-order valence-corrected chi connectivity index (χ2v) is 21.4. The molecule has 2 aliphatic rings. The zero-order valence-corrected chi connectivity index (χ0v) is 38.4. The molecule has 0 aliphatic carbocycles. The predicted molar refractivity (Wildman–Crippen MR) is 244 cm³/mol. The van der Waals surface area contributed by atoms with Gasteiger partial charge in [0.25, 0.3) is 19.9 Å². The standard InChI is InChI=1S/C45H51ClF3N7O4S3/c1-31-25-36(20-23-55(31)27-33-9-7-8-12-39(33)32-13-15-34(46)16-14-32)56-24-21-40-42(28-56)50-30-51-44(40)53-63(59,60)38-17-18-41(43(26-38)62(57,58)45(47,48)49)52-35(19-22-54(2)3)29-61-37-10-5-4-6-11-37/h4-18,26,30-31,35-36,52H,19-25,27-29H2,1-3H3,(H,50,51,53)/t31?,35-,36?/m1/s1. The Hall–Kier alpha value is -4.23. The van der Waals surface area contributed by atoms with Gasteiger partial charge in [-0.15, -0.1) is 11.8 Å². The Morgan fingerprint density at radius 2 is 1.67 bits per heavy atom. The number of likely N-dealkylation sites (tertiary alicyclic amines) is 1. The quantitative estimate of drug-likeness (QED) is 0.0922. The van der Waals surface area contributed by atoms with Crippen molar-refractivity contribution in [1.82, 2.24) is 24.7 Å². The smallest absolute Gasteiger partial charge is 0.380 e. The number of alkyl halides is 3. The normalized spacial score (nSPS) is 18.2. The molecule has 1 fully saturated rings. The average molecular weight is 943 g/mol. The van der Waals surface area contributed by atoms with Crippen molar-refractivity contribution in [3.8, 4) is 11.1 Å². The number of rotatable bonds is 16. The topological polar surface area (TPSA) is 128 Å². The van der Waals surface area contributed by atoms with Gasteiger partial charge in [0.2, 0.25) is 0 Å².